The fourth-order valence-corrected chi connectivity index (χ4v) is 3.54. The molecule has 202 valence electrons. The van der Waals surface area contributed by atoms with Crippen LogP contribution in [0.15, 0.2) is 30.4 Å². The van der Waals surface area contributed by atoms with Crippen LogP contribution in [-0.2, 0) is 46.5 Å². The van der Waals surface area contributed by atoms with E-state index < -0.39 is 42.3 Å². The zero-order chi connectivity index (χ0) is 27.4. The van der Waals surface area contributed by atoms with Crippen LogP contribution in [0.1, 0.15) is 44.2 Å². The van der Waals surface area contributed by atoms with Crippen LogP contribution in [0.2, 0.25) is 0 Å². The Morgan fingerprint density at radius 3 is 2.65 bits per heavy atom. The number of carboxylic acids is 1. The van der Waals surface area contributed by atoms with Gasteiger partial charge < -0.3 is 29.7 Å². The molecular formula is C25H32N2O10. The average molecular weight is 521 g/mol. The standard InChI is InChI=1S/C25H32N2O10/c1-3-5-23(32)27(15-28)13-22(31)26-9-4-6-17-7-8-18(14-35-16(2)29)20(10-17)36-24-12-19(30)11-21(37-24)25(33)34/h3,5,7-8,10,15,19,21,24,30H,4,6,9,11-14H2,1-2H3,(H,26,31)(H,33,34)/b5-3-. The highest BCUT2D eigenvalue weighted by Crippen LogP contribution is 2.28. The lowest BCUT2D eigenvalue weighted by molar-refractivity contribution is -0.195. The normalized spacial score (nSPS) is 19.2. The number of hydrogen-bond acceptors (Lipinski definition) is 9. The highest BCUT2D eigenvalue weighted by atomic mass is 16.7. The Balaban J connectivity index is 1.99. The van der Waals surface area contributed by atoms with Crippen molar-refractivity contribution in [2.45, 2.75) is 64.6 Å². The van der Waals surface area contributed by atoms with E-state index in [1.807, 2.05) is 0 Å². The first-order valence-electron chi connectivity index (χ1n) is 11.8. The number of amides is 3. The Morgan fingerprint density at radius 2 is 2.00 bits per heavy atom. The molecule has 3 N–H and O–H groups in total. The molecule has 2 rings (SSSR count). The number of esters is 1. The summed E-state index contributed by atoms with van der Waals surface area (Å²) in [5.74, 6) is -2.44. The molecule has 12 heteroatoms. The van der Waals surface area contributed by atoms with Gasteiger partial charge in [0.25, 0.3) is 5.91 Å². The summed E-state index contributed by atoms with van der Waals surface area (Å²) in [6.45, 7) is 2.72. The first-order chi connectivity index (χ1) is 17.6. The monoisotopic (exact) mass is 520 g/mol. The molecule has 1 aliphatic rings. The van der Waals surface area contributed by atoms with Crippen LogP contribution in [0.25, 0.3) is 0 Å². The van der Waals surface area contributed by atoms with E-state index in [1.165, 1.54) is 19.1 Å². The maximum atomic E-state index is 12.1. The number of aliphatic carboxylic acids is 1. The highest BCUT2D eigenvalue weighted by molar-refractivity contribution is 5.97. The summed E-state index contributed by atoms with van der Waals surface area (Å²) >= 11 is 0. The number of carbonyl (C=O) groups is 5. The molecule has 3 unspecified atom stereocenters. The SMILES string of the molecule is C/C=C\C(=O)N(C=O)CC(=O)NCCCc1ccc(COC(C)=O)c(OC2CC(O)CC(C(=O)O)O2)c1. The highest BCUT2D eigenvalue weighted by Gasteiger charge is 2.34. The van der Waals surface area contributed by atoms with E-state index in [0.717, 1.165) is 10.5 Å². The molecule has 1 saturated heterocycles. The van der Waals surface area contributed by atoms with Crippen molar-refractivity contribution in [3.8, 4) is 5.75 Å². The lowest BCUT2D eigenvalue weighted by atomic mass is 10.0. The fraction of sp³-hybridized carbons (Fsp3) is 0.480. The summed E-state index contributed by atoms with van der Waals surface area (Å²) in [5, 5.41) is 21.9. The number of allylic oxidation sites excluding steroid dienone is 1. The van der Waals surface area contributed by atoms with Crippen LogP contribution < -0.4 is 10.1 Å². The van der Waals surface area contributed by atoms with Crippen LogP contribution in [0, 0.1) is 0 Å². The number of aryl methyl sites for hydroxylation is 1. The van der Waals surface area contributed by atoms with Crippen molar-refractivity contribution in [3.63, 3.8) is 0 Å². The van der Waals surface area contributed by atoms with Gasteiger partial charge in [-0.1, -0.05) is 18.2 Å². The van der Waals surface area contributed by atoms with E-state index in [4.69, 9.17) is 14.2 Å². The Labute approximate surface area is 214 Å². The molecule has 1 heterocycles. The molecular weight excluding hydrogens is 488 g/mol. The van der Waals surface area contributed by atoms with Crippen molar-refractivity contribution in [3.05, 3.63) is 41.5 Å². The molecule has 37 heavy (non-hydrogen) atoms. The molecule has 0 saturated carbocycles. The average Bonchev–Trinajstić information content (AvgIpc) is 2.84. The summed E-state index contributed by atoms with van der Waals surface area (Å²) in [7, 11) is 0. The predicted octanol–water partition coefficient (Wildman–Crippen LogP) is 0.689. The van der Waals surface area contributed by atoms with Gasteiger partial charge in [0.15, 0.2) is 6.10 Å². The van der Waals surface area contributed by atoms with Gasteiger partial charge in [0.05, 0.1) is 6.10 Å². The lowest BCUT2D eigenvalue weighted by Crippen LogP contribution is -2.42. The second-order valence-electron chi connectivity index (χ2n) is 8.38. The van der Waals surface area contributed by atoms with Gasteiger partial charge in [0, 0.05) is 31.9 Å². The second-order valence-corrected chi connectivity index (χ2v) is 8.38. The summed E-state index contributed by atoms with van der Waals surface area (Å²) in [6, 6.07) is 5.20. The van der Waals surface area contributed by atoms with Crippen LogP contribution in [0.3, 0.4) is 0 Å². The minimum absolute atomic E-state index is 0.0463. The maximum absolute atomic E-state index is 12.1. The quantitative estimate of drug-likeness (QED) is 0.146. The molecule has 1 fully saturated rings. The van der Waals surface area contributed by atoms with Gasteiger partial charge in [-0.2, -0.15) is 0 Å². The summed E-state index contributed by atoms with van der Waals surface area (Å²) < 4.78 is 16.4. The summed E-state index contributed by atoms with van der Waals surface area (Å²) in [5.41, 5.74) is 1.35. The van der Waals surface area contributed by atoms with Crippen molar-refractivity contribution in [1.82, 2.24) is 10.2 Å². The molecule has 0 aromatic heterocycles. The smallest absolute Gasteiger partial charge is 0.333 e. The maximum Gasteiger partial charge on any atom is 0.333 e. The molecule has 1 aliphatic heterocycles. The minimum atomic E-state index is -1.21. The number of nitrogens with zero attached hydrogens (tertiary/aromatic N) is 1. The molecule has 1 aromatic carbocycles. The number of imide groups is 1. The van der Waals surface area contributed by atoms with Crippen molar-refractivity contribution >= 4 is 30.2 Å². The molecule has 0 bridgehead atoms. The molecule has 3 atom stereocenters. The number of hydrogen-bond donors (Lipinski definition) is 3. The van der Waals surface area contributed by atoms with E-state index >= 15 is 0 Å². The molecule has 0 aliphatic carbocycles. The number of nitrogens with one attached hydrogen (secondary N) is 1. The molecule has 0 radical (unpaired) electrons. The van der Waals surface area contributed by atoms with Crippen molar-refractivity contribution in [1.29, 1.82) is 0 Å². The van der Waals surface area contributed by atoms with E-state index in [-0.39, 0.29) is 32.5 Å². The fourth-order valence-electron chi connectivity index (χ4n) is 3.54. The number of benzene rings is 1. The molecule has 12 nitrogen and oxygen atoms in total. The van der Waals surface area contributed by atoms with Gasteiger partial charge in [-0.3, -0.25) is 24.1 Å². The van der Waals surface area contributed by atoms with Gasteiger partial charge in [-0.15, -0.1) is 0 Å². The summed E-state index contributed by atoms with van der Waals surface area (Å²) in [6.07, 6.45) is 0.899. The van der Waals surface area contributed by atoms with Crippen LogP contribution in [-0.4, -0.2) is 76.9 Å². The van der Waals surface area contributed by atoms with Gasteiger partial charge >= 0.3 is 11.9 Å². The van der Waals surface area contributed by atoms with Gasteiger partial charge in [0.2, 0.25) is 18.6 Å². The lowest BCUT2D eigenvalue weighted by Gasteiger charge is -2.31. The number of aliphatic hydroxyl groups is 1. The zero-order valence-electron chi connectivity index (χ0n) is 20.8. The zero-order valence-corrected chi connectivity index (χ0v) is 20.8. The van der Waals surface area contributed by atoms with Crippen LogP contribution in [0.4, 0.5) is 0 Å². The second kappa shape index (κ2) is 14.7. The Hall–Kier alpha value is -3.77. The molecule has 3 amide bonds. The largest absolute Gasteiger partial charge is 0.479 e. The van der Waals surface area contributed by atoms with Crippen molar-refractivity contribution < 1.29 is 48.4 Å². The number of carboxylic acid groups (broad SMARTS) is 1. The van der Waals surface area contributed by atoms with Gasteiger partial charge in [-0.25, -0.2) is 4.79 Å². The number of ether oxygens (including phenoxy) is 3. The topological polar surface area (TPSA) is 169 Å². The molecule has 1 aromatic rings. The number of aliphatic hydroxyl groups excluding tert-OH is 1. The van der Waals surface area contributed by atoms with E-state index in [9.17, 15) is 34.2 Å². The van der Waals surface area contributed by atoms with E-state index in [1.54, 1.807) is 25.1 Å². The van der Waals surface area contributed by atoms with Crippen molar-refractivity contribution in [2.24, 2.45) is 0 Å². The van der Waals surface area contributed by atoms with Gasteiger partial charge in [-0.05, 0) is 37.5 Å². The number of rotatable bonds is 13. The Kier molecular flexibility index (Phi) is 11.7. The van der Waals surface area contributed by atoms with E-state index in [0.29, 0.717) is 30.6 Å². The molecule has 0 spiro atoms. The first kappa shape index (κ1) is 29.5. The predicted molar refractivity (Wildman–Crippen MR) is 128 cm³/mol. The number of carbonyl (C=O) groups excluding carboxylic acids is 4. The van der Waals surface area contributed by atoms with E-state index in [2.05, 4.69) is 5.32 Å². The van der Waals surface area contributed by atoms with Crippen molar-refractivity contribution in [2.75, 3.05) is 13.1 Å². The Morgan fingerprint density at radius 1 is 1.24 bits per heavy atom. The third kappa shape index (κ3) is 10.0. The summed E-state index contributed by atoms with van der Waals surface area (Å²) in [4.78, 5) is 58.1. The Bertz CT molecular complexity index is 1010. The minimum Gasteiger partial charge on any atom is -0.479 e. The third-order valence-electron chi connectivity index (χ3n) is 5.36. The third-order valence-corrected chi connectivity index (χ3v) is 5.36. The van der Waals surface area contributed by atoms with Crippen LogP contribution in [0.5, 0.6) is 5.75 Å². The van der Waals surface area contributed by atoms with Crippen LogP contribution >= 0.6 is 0 Å². The van der Waals surface area contributed by atoms with Gasteiger partial charge in [0.1, 0.15) is 18.9 Å². The first-order valence-corrected chi connectivity index (χ1v) is 11.8.